The van der Waals surface area contributed by atoms with Gasteiger partial charge < -0.3 is 9.64 Å². The number of benzene rings is 1. The zero-order valence-electron chi connectivity index (χ0n) is 20.1. The molecule has 0 N–H and O–H groups in total. The van der Waals surface area contributed by atoms with E-state index in [-0.39, 0.29) is 24.4 Å². The molecule has 188 valence electrons. The second-order valence-electron chi connectivity index (χ2n) is 11.1. The van der Waals surface area contributed by atoms with Crippen LogP contribution in [-0.4, -0.2) is 63.2 Å². The molecule has 3 fully saturated rings. The third-order valence-corrected chi connectivity index (χ3v) is 8.39. The van der Waals surface area contributed by atoms with Crippen molar-refractivity contribution in [2.45, 2.75) is 44.4 Å². The van der Waals surface area contributed by atoms with Gasteiger partial charge in [-0.1, -0.05) is 11.6 Å². The highest BCUT2D eigenvalue weighted by Crippen LogP contribution is 2.56. The maximum atomic E-state index is 14.9. The molecular weight excluding hydrogens is 486 g/mol. The molecule has 1 aromatic carbocycles. The number of halogens is 3. The highest BCUT2D eigenvalue weighted by Gasteiger charge is 2.54. The third-order valence-electron chi connectivity index (χ3n) is 8.16. The van der Waals surface area contributed by atoms with Crippen molar-refractivity contribution in [3.63, 3.8) is 0 Å². The Morgan fingerprint density at radius 1 is 1.14 bits per heavy atom. The van der Waals surface area contributed by atoms with Gasteiger partial charge in [0.05, 0.1) is 31.6 Å². The molecule has 0 atom stereocenters. The molecule has 5 heterocycles. The fourth-order valence-electron chi connectivity index (χ4n) is 6.33. The van der Waals surface area contributed by atoms with E-state index in [2.05, 4.69) is 29.5 Å². The standard InChI is InChI=1S/C26H27ClF2N6O/c1-16-4-22(30-8-20(16)28)34-11-25(12-34)6-18(7-25)24-32-31-23-10-33(13-26(29)14-36-15-26)9-17-5-19(27)2-3-21(17)35(23)24/h2-5,8,18H,6-7,9-15H2,1H3. The maximum Gasteiger partial charge on any atom is 0.169 e. The Morgan fingerprint density at radius 3 is 2.67 bits per heavy atom. The molecule has 36 heavy (non-hydrogen) atoms. The minimum absolute atomic E-state index is 0.137. The van der Waals surface area contributed by atoms with Gasteiger partial charge >= 0.3 is 0 Å². The van der Waals surface area contributed by atoms with Gasteiger partial charge in [0.2, 0.25) is 0 Å². The van der Waals surface area contributed by atoms with E-state index in [1.165, 1.54) is 6.20 Å². The second kappa shape index (κ2) is 7.94. The lowest BCUT2D eigenvalue weighted by Gasteiger charge is -2.59. The van der Waals surface area contributed by atoms with E-state index in [0.717, 1.165) is 54.6 Å². The molecular formula is C26H27ClF2N6O. The van der Waals surface area contributed by atoms with Crippen molar-refractivity contribution < 1.29 is 13.5 Å². The largest absolute Gasteiger partial charge is 0.375 e. The van der Waals surface area contributed by atoms with E-state index < -0.39 is 5.67 Å². The summed E-state index contributed by atoms with van der Waals surface area (Å²) in [7, 11) is 0. The maximum absolute atomic E-state index is 14.9. The number of hydrogen-bond donors (Lipinski definition) is 0. The molecule has 1 aliphatic carbocycles. The fourth-order valence-corrected chi connectivity index (χ4v) is 6.53. The van der Waals surface area contributed by atoms with Gasteiger partial charge in [0.25, 0.3) is 0 Å². The van der Waals surface area contributed by atoms with E-state index in [4.69, 9.17) is 16.3 Å². The van der Waals surface area contributed by atoms with Crippen molar-refractivity contribution in [2.24, 2.45) is 5.41 Å². The number of pyridine rings is 1. The summed E-state index contributed by atoms with van der Waals surface area (Å²) in [5.41, 5.74) is 1.62. The zero-order valence-corrected chi connectivity index (χ0v) is 20.8. The molecule has 0 unspecified atom stereocenters. The minimum atomic E-state index is -1.31. The van der Waals surface area contributed by atoms with E-state index >= 15 is 0 Å². The molecule has 3 aromatic rings. The summed E-state index contributed by atoms with van der Waals surface area (Å²) >= 11 is 6.35. The zero-order chi connectivity index (χ0) is 24.7. The lowest BCUT2D eigenvalue weighted by Crippen LogP contribution is -2.62. The second-order valence-corrected chi connectivity index (χ2v) is 11.6. The van der Waals surface area contributed by atoms with Crippen LogP contribution in [0.15, 0.2) is 30.5 Å². The SMILES string of the molecule is Cc1cc(N2CC3(CC(c4nnc5n4-c4ccc(Cl)cc4CN(CC4(F)COC4)C5)C3)C2)ncc1F. The van der Waals surface area contributed by atoms with Gasteiger partial charge in [-0.15, -0.1) is 10.2 Å². The molecule has 7 rings (SSSR count). The van der Waals surface area contributed by atoms with Crippen LogP contribution in [0.2, 0.25) is 5.02 Å². The summed E-state index contributed by atoms with van der Waals surface area (Å²) in [6.45, 7) is 5.29. The van der Waals surface area contributed by atoms with Crippen LogP contribution in [0.1, 0.15) is 41.5 Å². The van der Waals surface area contributed by atoms with Crippen molar-refractivity contribution in [1.29, 1.82) is 0 Å². The highest BCUT2D eigenvalue weighted by molar-refractivity contribution is 6.30. The van der Waals surface area contributed by atoms with Crippen LogP contribution in [-0.2, 0) is 17.8 Å². The van der Waals surface area contributed by atoms with Crippen LogP contribution in [0.25, 0.3) is 5.69 Å². The molecule has 0 amide bonds. The molecule has 1 spiro atoms. The average Bonchev–Trinajstić information content (AvgIpc) is 3.09. The predicted molar refractivity (Wildman–Crippen MR) is 131 cm³/mol. The summed E-state index contributed by atoms with van der Waals surface area (Å²) in [5.74, 6) is 2.67. The summed E-state index contributed by atoms with van der Waals surface area (Å²) in [6.07, 6.45) is 3.36. The van der Waals surface area contributed by atoms with Crippen LogP contribution in [0, 0.1) is 18.2 Å². The smallest absolute Gasteiger partial charge is 0.169 e. The Labute approximate surface area is 213 Å². The van der Waals surface area contributed by atoms with Crippen molar-refractivity contribution in [3.8, 4) is 5.69 Å². The number of aryl methyl sites for hydroxylation is 1. The number of nitrogens with zero attached hydrogens (tertiary/aromatic N) is 6. The van der Waals surface area contributed by atoms with E-state index in [0.29, 0.717) is 36.1 Å². The molecule has 10 heteroatoms. The number of fused-ring (bicyclic) bond motifs is 3. The molecule has 4 aliphatic rings. The average molecular weight is 513 g/mol. The summed E-state index contributed by atoms with van der Waals surface area (Å²) in [6, 6.07) is 7.71. The fraction of sp³-hybridized carbons (Fsp3) is 0.500. The topological polar surface area (TPSA) is 59.3 Å². The Hall–Kier alpha value is -2.62. The number of alkyl halides is 1. The van der Waals surface area contributed by atoms with Gasteiger partial charge in [-0.3, -0.25) is 9.47 Å². The Kier molecular flexibility index (Phi) is 4.98. The van der Waals surface area contributed by atoms with Crippen LogP contribution in [0.3, 0.4) is 0 Å². The molecule has 3 aliphatic heterocycles. The van der Waals surface area contributed by atoms with Crippen molar-refractivity contribution in [1.82, 2.24) is 24.6 Å². The first-order chi connectivity index (χ1) is 17.3. The molecule has 0 bridgehead atoms. The molecule has 0 radical (unpaired) electrons. The lowest BCUT2D eigenvalue weighted by atomic mass is 9.57. The normalized spacial score (nSPS) is 22.3. The molecule has 7 nitrogen and oxygen atoms in total. The van der Waals surface area contributed by atoms with Gasteiger partial charge in [-0.05, 0) is 55.2 Å². The van der Waals surface area contributed by atoms with E-state index in [1.54, 1.807) is 6.92 Å². The summed E-state index contributed by atoms with van der Waals surface area (Å²) in [4.78, 5) is 8.57. The third kappa shape index (κ3) is 3.63. The van der Waals surface area contributed by atoms with Gasteiger partial charge in [0, 0.05) is 42.5 Å². The van der Waals surface area contributed by atoms with Crippen molar-refractivity contribution in [2.75, 3.05) is 37.7 Å². The van der Waals surface area contributed by atoms with Crippen molar-refractivity contribution in [3.05, 3.63) is 64.1 Å². The summed E-state index contributed by atoms with van der Waals surface area (Å²) in [5, 5.41) is 9.87. The number of hydrogen-bond acceptors (Lipinski definition) is 6. The van der Waals surface area contributed by atoms with Crippen LogP contribution >= 0.6 is 11.6 Å². The highest BCUT2D eigenvalue weighted by atomic mass is 35.5. The van der Waals surface area contributed by atoms with Crippen LogP contribution in [0.5, 0.6) is 0 Å². The predicted octanol–water partition coefficient (Wildman–Crippen LogP) is 4.20. The number of anilines is 1. The molecule has 2 saturated heterocycles. The Balaban J connectivity index is 1.12. The van der Waals surface area contributed by atoms with Crippen molar-refractivity contribution >= 4 is 17.4 Å². The quantitative estimate of drug-likeness (QED) is 0.522. The van der Waals surface area contributed by atoms with Gasteiger partial charge in [0.1, 0.15) is 17.5 Å². The van der Waals surface area contributed by atoms with Gasteiger partial charge in [0.15, 0.2) is 11.5 Å². The minimum Gasteiger partial charge on any atom is -0.375 e. The Morgan fingerprint density at radius 2 is 1.94 bits per heavy atom. The monoisotopic (exact) mass is 512 g/mol. The van der Waals surface area contributed by atoms with Gasteiger partial charge in [-0.2, -0.15) is 0 Å². The first-order valence-electron chi connectivity index (χ1n) is 12.4. The molecule has 2 aromatic heterocycles. The van der Waals surface area contributed by atoms with Gasteiger partial charge in [-0.25, -0.2) is 13.8 Å². The number of ether oxygens (including phenoxy) is 1. The lowest BCUT2D eigenvalue weighted by molar-refractivity contribution is -0.142. The summed E-state index contributed by atoms with van der Waals surface area (Å²) < 4.78 is 35.8. The number of rotatable bonds is 4. The first-order valence-corrected chi connectivity index (χ1v) is 12.8. The van der Waals surface area contributed by atoms with E-state index in [9.17, 15) is 8.78 Å². The molecule has 1 saturated carbocycles. The van der Waals surface area contributed by atoms with E-state index in [1.807, 2.05) is 24.3 Å². The number of aromatic nitrogens is 4. The first kappa shape index (κ1) is 22.6. The van der Waals surface area contributed by atoms with Crippen LogP contribution < -0.4 is 4.90 Å². The Bertz CT molecular complexity index is 1340. The van der Waals surface area contributed by atoms with Crippen LogP contribution in [0.4, 0.5) is 14.6 Å².